The van der Waals surface area contributed by atoms with E-state index in [9.17, 15) is 9.18 Å². The number of piperidine rings is 1. The molecule has 0 radical (unpaired) electrons. The highest BCUT2D eigenvalue weighted by atomic mass is 35.5. The van der Waals surface area contributed by atoms with Gasteiger partial charge in [0.15, 0.2) is 0 Å². The van der Waals surface area contributed by atoms with E-state index < -0.39 is 0 Å². The number of ether oxygens (including phenoxy) is 2. The molecule has 3 heterocycles. The topological polar surface area (TPSA) is 51.7 Å². The van der Waals surface area contributed by atoms with E-state index in [4.69, 9.17) is 9.47 Å². The second-order valence-corrected chi connectivity index (χ2v) is 7.32. The molecule has 1 aromatic heterocycles. The lowest BCUT2D eigenvalue weighted by Gasteiger charge is -2.29. The van der Waals surface area contributed by atoms with Crippen LogP contribution in [-0.4, -0.2) is 42.1 Å². The fourth-order valence-electron chi connectivity index (χ4n) is 4.02. The second kappa shape index (κ2) is 10.0. The van der Waals surface area contributed by atoms with Gasteiger partial charge in [-0.25, -0.2) is 4.39 Å². The zero-order valence-electron chi connectivity index (χ0n) is 17.0. The lowest BCUT2D eigenvalue weighted by Crippen LogP contribution is -2.33. The molecule has 2 aliphatic rings. The molecule has 5 nitrogen and oxygen atoms in total. The van der Waals surface area contributed by atoms with Crippen LogP contribution in [0.3, 0.4) is 0 Å². The molecule has 7 heteroatoms. The van der Waals surface area contributed by atoms with Gasteiger partial charge in [0, 0.05) is 48.6 Å². The summed E-state index contributed by atoms with van der Waals surface area (Å²) in [6.07, 6.45) is 3.97. The minimum Gasteiger partial charge on any atom is -0.488 e. The highest BCUT2D eigenvalue weighted by molar-refractivity contribution is 5.86. The van der Waals surface area contributed by atoms with Crippen molar-refractivity contribution in [2.24, 2.45) is 0 Å². The number of rotatable bonds is 4. The molecule has 2 aliphatic heterocycles. The van der Waals surface area contributed by atoms with Crippen LogP contribution in [0.15, 0.2) is 42.1 Å². The van der Waals surface area contributed by atoms with Gasteiger partial charge in [-0.15, -0.1) is 12.4 Å². The van der Waals surface area contributed by atoms with Gasteiger partial charge in [-0.1, -0.05) is 11.6 Å². The number of hydrogen-bond acceptors (Lipinski definition) is 5. The van der Waals surface area contributed by atoms with Crippen molar-refractivity contribution in [1.29, 1.82) is 0 Å². The molecule has 0 aliphatic carbocycles. The number of fused-ring (bicyclic) bond motifs is 2. The van der Waals surface area contributed by atoms with E-state index in [1.807, 2.05) is 19.1 Å². The zero-order chi connectivity index (χ0) is 20.2. The summed E-state index contributed by atoms with van der Waals surface area (Å²) in [5.41, 5.74) is 5.21. The fourth-order valence-corrected chi connectivity index (χ4v) is 4.02. The number of likely N-dealkylation sites (tertiary alicyclic amines) is 1. The second-order valence-electron chi connectivity index (χ2n) is 7.32. The Hall–Kier alpha value is -2.44. The van der Waals surface area contributed by atoms with Gasteiger partial charge in [-0.2, -0.15) is 0 Å². The molecule has 0 amide bonds. The molecule has 2 aromatic rings. The number of benzene rings is 1. The molecule has 1 fully saturated rings. The Bertz CT molecular complexity index is 938. The SMILES string of the molecule is CCOC(=O)CCN1CCC(=C2c3ccc(F)cc3OCc3cccnc32)CC1.Cl. The van der Waals surface area contributed by atoms with Gasteiger partial charge in [0.25, 0.3) is 0 Å². The number of halogens is 2. The number of nitrogens with zero attached hydrogens (tertiary/aromatic N) is 2. The highest BCUT2D eigenvalue weighted by Crippen LogP contribution is 2.40. The van der Waals surface area contributed by atoms with Crippen LogP contribution in [0.4, 0.5) is 4.39 Å². The maximum absolute atomic E-state index is 13.8. The lowest BCUT2D eigenvalue weighted by molar-refractivity contribution is -0.143. The minimum absolute atomic E-state index is 0. The third kappa shape index (κ3) is 4.82. The van der Waals surface area contributed by atoms with Crippen LogP contribution in [0.5, 0.6) is 5.75 Å². The first-order valence-corrected chi connectivity index (χ1v) is 10.1. The third-order valence-electron chi connectivity index (χ3n) is 5.47. The van der Waals surface area contributed by atoms with Crippen molar-refractivity contribution in [3.63, 3.8) is 0 Å². The number of hydrogen-bond donors (Lipinski definition) is 0. The summed E-state index contributed by atoms with van der Waals surface area (Å²) in [6, 6.07) is 8.64. The first-order chi connectivity index (χ1) is 14.2. The maximum Gasteiger partial charge on any atom is 0.307 e. The van der Waals surface area contributed by atoms with E-state index in [0.29, 0.717) is 31.9 Å². The van der Waals surface area contributed by atoms with Crippen LogP contribution in [0, 0.1) is 5.82 Å². The summed E-state index contributed by atoms with van der Waals surface area (Å²) < 4.78 is 24.8. The predicted octanol–water partition coefficient (Wildman–Crippen LogP) is 4.39. The van der Waals surface area contributed by atoms with Crippen LogP contribution >= 0.6 is 12.4 Å². The van der Waals surface area contributed by atoms with Gasteiger partial charge >= 0.3 is 5.97 Å². The predicted molar refractivity (Wildman–Crippen MR) is 115 cm³/mol. The molecule has 4 rings (SSSR count). The molecule has 0 atom stereocenters. The van der Waals surface area contributed by atoms with Gasteiger partial charge in [0.05, 0.1) is 18.7 Å². The Balaban J connectivity index is 0.00000256. The van der Waals surface area contributed by atoms with Crippen molar-refractivity contribution < 1.29 is 18.7 Å². The van der Waals surface area contributed by atoms with E-state index in [2.05, 4.69) is 9.88 Å². The summed E-state index contributed by atoms with van der Waals surface area (Å²) in [6.45, 7) is 5.08. The largest absolute Gasteiger partial charge is 0.488 e. The van der Waals surface area contributed by atoms with Gasteiger partial charge in [-0.3, -0.25) is 9.78 Å². The number of aromatic nitrogens is 1. The summed E-state index contributed by atoms with van der Waals surface area (Å²) >= 11 is 0. The summed E-state index contributed by atoms with van der Waals surface area (Å²) in [7, 11) is 0. The van der Waals surface area contributed by atoms with E-state index in [0.717, 1.165) is 48.3 Å². The van der Waals surface area contributed by atoms with Crippen LogP contribution in [0.25, 0.3) is 5.57 Å². The molecule has 1 saturated heterocycles. The minimum atomic E-state index is -0.305. The van der Waals surface area contributed by atoms with Crippen molar-refractivity contribution in [2.75, 3.05) is 26.2 Å². The van der Waals surface area contributed by atoms with Crippen molar-refractivity contribution in [1.82, 2.24) is 9.88 Å². The van der Waals surface area contributed by atoms with Gasteiger partial charge in [0.2, 0.25) is 0 Å². The van der Waals surface area contributed by atoms with Crippen molar-refractivity contribution in [3.8, 4) is 5.75 Å². The number of esters is 1. The standard InChI is InChI=1S/C23H25FN2O3.ClH/c1-2-28-21(27)9-13-26-11-7-16(8-12-26)22-19-6-5-18(24)14-20(19)29-15-17-4-3-10-25-23(17)22;/h3-6,10,14H,2,7-9,11-13,15H2,1H3;1H. The molecule has 0 spiro atoms. The Morgan fingerprint density at radius 1 is 1.27 bits per heavy atom. The van der Waals surface area contributed by atoms with E-state index in [-0.39, 0.29) is 24.2 Å². The molecule has 0 saturated carbocycles. The van der Waals surface area contributed by atoms with Crippen molar-refractivity contribution in [2.45, 2.75) is 32.8 Å². The van der Waals surface area contributed by atoms with Crippen LogP contribution in [0.2, 0.25) is 0 Å². The zero-order valence-corrected chi connectivity index (χ0v) is 17.8. The van der Waals surface area contributed by atoms with Crippen LogP contribution in [0.1, 0.15) is 43.0 Å². The normalized spacial score (nSPS) is 15.9. The Morgan fingerprint density at radius 2 is 2.07 bits per heavy atom. The maximum atomic E-state index is 13.8. The molecular weight excluding hydrogens is 407 g/mol. The summed E-state index contributed by atoms with van der Waals surface area (Å²) in [5.74, 6) is 0.114. The van der Waals surface area contributed by atoms with Crippen LogP contribution < -0.4 is 4.74 Å². The number of carbonyl (C=O) groups excluding carboxylic acids is 1. The molecule has 0 N–H and O–H groups in total. The number of carbonyl (C=O) groups is 1. The van der Waals surface area contributed by atoms with Crippen molar-refractivity contribution >= 4 is 23.9 Å². The van der Waals surface area contributed by atoms with Crippen molar-refractivity contribution in [3.05, 3.63) is 64.7 Å². The number of pyridine rings is 1. The van der Waals surface area contributed by atoms with Gasteiger partial charge in [0.1, 0.15) is 18.2 Å². The average Bonchev–Trinajstić information content (AvgIpc) is 2.89. The van der Waals surface area contributed by atoms with E-state index >= 15 is 0 Å². The molecule has 30 heavy (non-hydrogen) atoms. The average molecular weight is 433 g/mol. The molecule has 1 aromatic carbocycles. The highest BCUT2D eigenvalue weighted by Gasteiger charge is 2.26. The summed E-state index contributed by atoms with van der Waals surface area (Å²) in [5, 5.41) is 0. The molecule has 160 valence electrons. The molecular formula is C23H26ClFN2O3. The quantitative estimate of drug-likeness (QED) is 0.671. The monoisotopic (exact) mass is 432 g/mol. The first-order valence-electron chi connectivity index (χ1n) is 10.1. The first kappa shape index (κ1) is 22.2. The fraction of sp³-hybridized carbons (Fsp3) is 0.391. The van der Waals surface area contributed by atoms with E-state index in [1.54, 1.807) is 12.3 Å². The Morgan fingerprint density at radius 3 is 2.83 bits per heavy atom. The summed E-state index contributed by atoms with van der Waals surface area (Å²) in [4.78, 5) is 18.6. The smallest absolute Gasteiger partial charge is 0.307 e. The Kier molecular flexibility index (Phi) is 7.45. The Labute approximate surface area is 182 Å². The molecule has 0 bridgehead atoms. The van der Waals surface area contributed by atoms with Gasteiger partial charge in [-0.05, 0) is 38.0 Å². The third-order valence-corrected chi connectivity index (χ3v) is 5.47. The molecule has 0 unspecified atom stereocenters. The van der Waals surface area contributed by atoms with Crippen LogP contribution in [-0.2, 0) is 16.1 Å². The van der Waals surface area contributed by atoms with E-state index in [1.165, 1.54) is 17.7 Å². The lowest BCUT2D eigenvalue weighted by atomic mass is 9.89. The van der Waals surface area contributed by atoms with Gasteiger partial charge < -0.3 is 14.4 Å².